The molecule has 0 saturated carbocycles. The topological polar surface area (TPSA) is 85.6 Å². The van der Waals surface area contributed by atoms with Crippen molar-refractivity contribution in [2.75, 3.05) is 25.1 Å². The van der Waals surface area contributed by atoms with Gasteiger partial charge in [0.25, 0.3) is 0 Å². The monoisotopic (exact) mass is 472 g/mol. The molecule has 1 aliphatic rings. The molecule has 1 aromatic carbocycles. The lowest BCUT2D eigenvalue weighted by Gasteiger charge is -2.13. The number of nitrogens with one attached hydrogen (secondary N) is 2. The molecule has 0 bridgehead atoms. The Labute approximate surface area is 170 Å². The van der Waals surface area contributed by atoms with Crippen molar-refractivity contribution in [2.45, 2.75) is 26.8 Å². The lowest BCUT2D eigenvalue weighted by Crippen LogP contribution is -2.30. The summed E-state index contributed by atoms with van der Waals surface area (Å²) in [6.45, 7) is 6.49. The summed E-state index contributed by atoms with van der Waals surface area (Å²) in [5, 5.41) is 14.7. The van der Waals surface area contributed by atoms with Crippen LogP contribution < -0.4 is 20.1 Å². The van der Waals surface area contributed by atoms with Crippen molar-refractivity contribution in [3.63, 3.8) is 0 Å². The first-order valence-electron chi connectivity index (χ1n) is 8.47. The lowest BCUT2D eigenvalue weighted by molar-refractivity contribution is 0.297. The fourth-order valence-electron chi connectivity index (χ4n) is 2.42. The van der Waals surface area contributed by atoms with Crippen LogP contribution in [0.4, 0.5) is 5.69 Å². The van der Waals surface area contributed by atoms with E-state index in [2.05, 4.69) is 25.8 Å². The van der Waals surface area contributed by atoms with Gasteiger partial charge in [-0.2, -0.15) is 0 Å². The molecule has 0 spiro atoms. The molecule has 2 aromatic rings. The van der Waals surface area contributed by atoms with Crippen LogP contribution in [0.1, 0.15) is 25.0 Å². The molecule has 1 aromatic heterocycles. The van der Waals surface area contributed by atoms with E-state index in [1.165, 1.54) is 0 Å². The number of aromatic nitrogens is 3. The molecule has 26 heavy (non-hydrogen) atoms. The largest absolute Gasteiger partial charge is 0.490 e. The first-order chi connectivity index (χ1) is 12.2. The van der Waals surface area contributed by atoms with Crippen LogP contribution in [-0.4, -0.2) is 40.5 Å². The van der Waals surface area contributed by atoms with Crippen molar-refractivity contribution in [3.8, 4) is 11.5 Å². The Morgan fingerprint density at radius 2 is 2.00 bits per heavy atom. The maximum atomic E-state index is 5.73. The predicted molar refractivity (Wildman–Crippen MR) is 112 cm³/mol. The fourth-order valence-corrected chi connectivity index (χ4v) is 2.42. The molecule has 0 amide bonds. The van der Waals surface area contributed by atoms with Crippen molar-refractivity contribution in [3.05, 3.63) is 29.8 Å². The van der Waals surface area contributed by atoms with Crippen LogP contribution in [0.15, 0.2) is 23.2 Å². The number of hydrogen-bond donors (Lipinski definition) is 2. The summed E-state index contributed by atoms with van der Waals surface area (Å²) in [6.07, 6.45) is 0.888. The third-order valence-electron chi connectivity index (χ3n) is 3.92. The van der Waals surface area contributed by atoms with Gasteiger partial charge < -0.3 is 24.7 Å². The Kier molecular flexibility index (Phi) is 7.49. The first-order valence-corrected chi connectivity index (χ1v) is 8.47. The number of nitrogens with zero attached hydrogens (tertiary/aromatic N) is 4. The second-order valence-electron chi connectivity index (χ2n) is 5.75. The number of rotatable bonds is 4. The number of aliphatic imine (C=N–C) groups is 1. The van der Waals surface area contributed by atoms with Crippen LogP contribution in [0.2, 0.25) is 0 Å². The average molecular weight is 472 g/mol. The molecule has 2 N–H and O–H groups in total. The van der Waals surface area contributed by atoms with Gasteiger partial charge in [0.1, 0.15) is 12.4 Å². The van der Waals surface area contributed by atoms with Gasteiger partial charge in [0.05, 0.1) is 13.2 Å². The predicted octanol–water partition coefficient (Wildman–Crippen LogP) is 2.48. The average Bonchev–Trinajstić information content (AvgIpc) is 2.81. The van der Waals surface area contributed by atoms with Crippen molar-refractivity contribution in [1.82, 2.24) is 20.1 Å². The van der Waals surface area contributed by atoms with Crippen LogP contribution >= 0.6 is 24.0 Å². The number of aryl methyl sites for hydroxylation is 1. The van der Waals surface area contributed by atoms with Gasteiger partial charge >= 0.3 is 0 Å². The van der Waals surface area contributed by atoms with Gasteiger partial charge in [-0.1, -0.05) is 0 Å². The first kappa shape index (κ1) is 20.3. The summed E-state index contributed by atoms with van der Waals surface area (Å²) in [4.78, 5) is 4.58. The van der Waals surface area contributed by atoms with Crippen LogP contribution in [0.3, 0.4) is 0 Å². The van der Waals surface area contributed by atoms with E-state index in [1.807, 2.05) is 43.7 Å². The molecule has 1 aliphatic heterocycles. The van der Waals surface area contributed by atoms with E-state index in [0.29, 0.717) is 25.7 Å². The standard InChI is InChI=1S/C17H24N6O2.HI/c1-4-18-17(19-11-16-22-21-12(2)23(16)3)20-13-6-7-14-15(10-13)25-9-5-8-24-14;/h6-7,10H,4-5,8-9,11H2,1-3H3,(H2,18,19,20);1H. The molecule has 2 heterocycles. The summed E-state index contributed by atoms with van der Waals surface area (Å²) < 4.78 is 13.3. The van der Waals surface area contributed by atoms with E-state index >= 15 is 0 Å². The molecular weight excluding hydrogens is 447 g/mol. The Morgan fingerprint density at radius 3 is 2.69 bits per heavy atom. The summed E-state index contributed by atoms with van der Waals surface area (Å²) in [5.41, 5.74) is 0.887. The molecule has 0 aliphatic carbocycles. The number of benzene rings is 1. The number of hydrogen-bond acceptors (Lipinski definition) is 5. The summed E-state index contributed by atoms with van der Waals surface area (Å²) >= 11 is 0. The molecule has 0 radical (unpaired) electrons. The minimum atomic E-state index is 0. The SMILES string of the molecule is CCNC(=NCc1nnc(C)n1C)Nc1ccc2c(c1)OCCCO2.I. The van der Waals surface area contributed by atoms with E-state index in [9.17, 15) is 0 Å². The minimum absolute atomic E-state index is 0. The highest BCUT2D eigenvalue weighted by atomic mass is 127. The molecule has 8 nitrogen and oxygen atoms in total. The molecule has 0 atom stereocenters. The van der Waals surface area contributed by atoms with Gasteiger partial charge in [-0.25, -0.2) is 4.99 Å². The van der Waals surface area contributed by atoms with Crippen molar-refractivity contribution >= 4 is 35.6 Å². The third kappa shape index (κ3) is 4.99. The highest BCUT2D eigenvalue weighted by Crippen LogP contribution is 2.32. The zero-order valence-corrected chi connectivity index (χ0v) is 17.6. The van der Waals surface area contributed by atoms with E-state index in [4.69, 9.17) is 9.47 Å². The zero-order valence-electron chi connectivity index (χ0n) is 15.3. The van der Waals surface area contributed by atoms with Gasteiger partial charge in [0.2, 0.25) is 0 Å². The number of ether oxygens (including phenoxy) is 2. The van der Waals surface area contributed by atoms with Gasteiger partial charge in [-0.15, -0.1) is 34.2 Å². The number of fused-ring (bicyclic) bond motifs is 1. The van der Waals surface area contributed by atoms with E-state index in [1.54, 1.807) is 0 Å². The molecular formula is C17H25IN6O2. The maximum Gasteiger partial charge on any atom is 0.196 e. The van der Waals surface area contributed by atoms with Crippen molar-refractivity contribution < 1.29 is 9.47 Å². The van der Waals surface area contributed by atoms with Crippen LogP contribution in [0.5, 0.6) is 11.5 Å². The van der Waals surface area contributed by atoms with Gasteiger partial charge in [0, 0.05) is 31.8 Å². The second-order valence-corrected chi connectivity index (χ2v) is 5.75. The molecule has 9 heteroatoms. The third-order valence-corrected chi connectivity index (χ3v) is 3.92. The van der Waals surface area contributed by atoms with Crippen molar-refractivity contribution in [2.24, 2.45) is 12.0 Å². The number of guanidine groups is 1. The zero-order chi connectivity index (χ0) is 17.6. The van der Waals surface area contributed by atoms with Gasteiger partial charge in [0.15, 0.2) is 23.3 Å². The lowest BCUT2D eigenvalue weighted by atomic mass is 10.3. The number of anilines is 1. The summed E-state index contributed by atoms with van der Waals surface area (Å²) in [5.74, 6) is 3.89. The minimum Gasteiger partial charge on any atom is -0.490 e. The van der Waals surface area contributed by atoms with Crippen LogP contribution in [-0.2, 0) is 13.6 Å². The molecule has 142 valence electrons. The second kappa shape index (κ2) is 9.60. The summed E-state index contributed by atoms with van der Waals surface area (Å²) in [7, 11) is 1.93. The smallest absolute Gasteiger partial charge is 0.196 e. The quantitative estimate of drug-likeness (QED) is 0.404. The van der Waals surface area contributed by atoms with E-state index in [-0.39, 0.29) is 24.0 Å². The highest BCUT2D eigenvalue weighted by Gasteiger charge is 2.11. The van der Waals surface area contributed by atoms with Gasteiger partial charge in [-0.05, 0) is 26.0 Å². The van der Waals surface area contributed by atoms with Crippen LogP contribution in [0, 0.1) is 6.92 Å². The van der Waals surface area contributed by atoms with Gasteiger partial charge in [-0.3, -0.25) is 0 Å². The maximum absolute atomic E-state index is 5.73. The molecule has 0 saturated heterocycles. The summed E-state index contributed by atoms with van der Waals surface area (Å²) in [6, 6.07) is 5.80. The Hall–Kier alpha value is -2.04. The van der Waals surface area contributed by atoms with Crippen molar-refractivity contribution in [1.29, 1.82) is 0 Å². The normalized spacial score (nSPS) is 13.6. The van der Waals surface area contributed by atoms with E-state index in [0.717, 1.165) is 41.8 Å². The fraction of sp³-hybridized carbons (Fsp3) is 0.471. The Balaban J connectivity index is 0.00000243. The Bertz CT molecular complexity index is 762. The van der Waals surface area contributed by atoms with E-state index < -0.39 is 0 Å². The molecule has 3 rings (SSSR count). The molecule has 0 fully saturated rings. The Morgan fingerprint density at radius 1 is 1.23 bits per heavy atom. The molecule has 0 unspecified atom stereocenters. The highest BCUT2D eigenvalue weighted by molar-refractivity contribution is 14.0. The number of halogens is 1. The van der Waals surface area contributed by atoms with Crippen LogP contribution in [0.25, 0.3) is 0 Å².